The SMILES string of the molecule is Cc1ccc(NC(=O)/C(C#N)=C\c2cccc(OCc3ccc([N+](=O)[O-])cc3)c2)cc1Cl. The van der Waals surface area contributed by atoms with Crippen molar-refractivity contribution in [3.8, 4) is 11.8 Å². The van der Waals surface area contributed by atoms with Crippen molar-refractivity contribution in [3.05, 3.63) is 104 Å². The lowest BCUT2D eigenvalue weighted by Gasteiger charge is -2.08. The van der Waals surface area contributed by atoms with E-state index in [9.17, 15) is 20.2 Å². The zero-order valence-corrected chi connectivity index (χ0v) is 17.8. The molecule has 0 saturated heterocycles. The maximum Gasteiger partial charge on any atom is 0.269 e. The maximum absolute atomic E-state index is 12.5. The summed E-state index contributed by atoms with van der Waals surface area (Å²) in [4.78, 5) is 22.8. The first-order valence-corrected chi connectivity index (χ1v) is 9.89. The van der Waals surface area contributed by atoms with Crippen molar-refractivity contribution in [3.63, 3.8) is 0 Å². The molecule has 0 saturated carbocycles. The molecule has 0 aliphatic heterocycles. The van der Waals surface area contributed by atoms with Crippen molar-refractivity contribution in [1.29, 1.82) is 5.26 Å². The molecule has 0 radical (unpaired) electrons. The summed E-state index contributed by atoms with van der Waals surface area (Å²) in [6.07, 6.45) is 1.46. The van der Waals surface area contributed by atoms with Crippen molar-refractivity contribution < 1.29 is 14.5 Å². The van der Waals surface area contributed by atoms with Gasteiger partial charge in [0.25, 0.3) is 11.6 Å². The number of non-ortho nitro benzene ring substituents is 1. The number of aryl methyl sites for hydroxylation is 1. The second-order valence-corrected chi connectivity index (χ2v) is 7.28. The van der Waals surface area contributed by atoms with Crippen molar-refractivity contribution in [2.45, 2.75) is 13.5 Å². The summed E-state index contributed by atoms with van der Waals surface area (Å²) >= 11 is 6.08. The quantitative estimate of drug-likeness (QED) is 0.217. The number of carbonyl (C=O) groups is 1. The lowest BCUT2D eigenvalue weighted by Crippen LogP contribution is -2.13. The van der Waals surface area contributed by atoms with Crippen LogP contribution in [0.1, 0.15) is 16.7 Å². The number of amides is 1. The van der Waals surface area contributed by atoms with E-state index in [0.29, 0.717) is 22.0 Å². The molecule has 8 heteroatoms. The van der Waals surface area contributed by atoms with Crippen LogP contribution in [0.3, 0.4) is 0 Å². The van der Waals surface area contributed by atoms with E-state index in [1.54, 1.807) is 54.6 Å². The Morgan fingerprint density at radius 1 is 1.19 bits per heavy atom. The van der Waals surface area contributed by atoms with E-state index >= 15 is 0 Å². The van der Waals surface area contributed by atoms with Gasteiger partial charge in [0.1, 0.15) is 24.0 Å². The number of hydrogen-bond acceptors (Lipinski definition) is 5. The average Bonchev–Trinajstić information content (AvgIpc) is 2.79. The molecule has 160 valence electrons. The minimum Gasteiger partial charge on any atom is -0.489 e. The summed E-state index contributed by atoms with van der Waals surface area (Å²) in [5, 5.41) is 23.3. The van der Waals surface area contributed by atoms with Gasteiger partial charge in [-0.1, -0.05) is 29.8 Å². The molecule has 0 aliphatic carbocycles. The van der Waals surface area contributed by atoms with Crippen LogP contribution in [-0.4, -0.2) is 10.8 Å². The van der Waals surface area contributed by atoms with E-state index in [2.05, 4.69) is 5.32 Å². The van der Waals surface area contributed by atoms with Gasteiger partial charge >= 0.3 is 0 Å². The lowest BCUT2D eigenvalue weighted by molar-refractivity contribution is -0.384. The first-order valence-electron chi connectivity index (χ1n) is 9.51. The molecule has 3 aromatic carbocycles. The van der Waals surface area contributed by atoms with E-state index in [-0.39, 0.29) is 17.9 Å². The standard InChI is InChI=1S/C24H18ClN3O4/c1-16-5-8-20(13-23(16)25)27-24(29)19(14-26)11-18-3-2-4-22(12-18)32-15-17-6-9-21(10-7-17)28(30)31/h2-13H,15H2,1H3,(H,27,29)/b19-11-. The van der Waals surface area contributed by atoms with E-state index < -0.39 is 10.8 Å². The molecule has 0 bridgehead atoms. The highest BCUT2D eigenvalue weighted by atomic mass is 35.5. The Bertz CT molecular complexity index is 1230. The number of rotatable bonds is 7. The van der Waals surface area contributed by atoms with Gasteiger partial charge in [-0.2, -0.15) is 5.26 Å². The number of ether oxygens (including phenoxy) is 1. The van der Waals surface area contributed by atoms with Crippen LogP contribution in [0.15, 0.2) is 72.3 Å². The van der Waals surface area contributed by atoms with Crippen LogP contribution < -0.4 is 10.1 Å². The van der Waals surface area contributed by atoms with Crippen molar-refractivity contribution >= 4 is 35.0 Å². The van der Waals surface area contributed by atoms with Crippen LogP contribution >= 0.6 is 11.6 Å². The number of anilines is 1. The third kappa shape index (κ3) is 5.94. The third-order valence-corrected chi connectivity index (χ3v) is 4.92. The molecular weight excluding hydrogens is 430 g/mol. The van der Waals surface area contributed by atoms with Crippen LogP contribution in [0.4, 0.5) is 11.4 Å². The third-order valence-electron chi connectivity index (χ3n) is 4.52. The Morgan fingerprint density at radius 3 is 2.59 bits per heavy atom. The van der Waals surface area contributed by atoms with Crippen molar-refractivity contribution in [2.75, 3.05) is 5.32 Å². The highest BCUT2D eigenvalue weighted by Gasteiger charge is 2.11. The minimum absolute atomic E-state index is 0.0103. The Labute approximate surface area is 189 Å². The lowest BCUT2D eigenvalue weighted by atomic mass is 10.1. The van der Waals surface area contributed by atoms with Gasteiger partial charge < -0.3 is 10.1 Å². The number of nitrogens with zero attached hydrogens (tertiary/aromatic N) is 2. The predicted octanol–water partition coefficient (Wildman–Crippen LogP) is 5.68. The van der Waals surface area contributed by atoms with Gasteiger partial charge in [0, 0.05) is 22.8 Å². The molecule has 7 nitrogen and oxygen atoms in total. The van der Waals surface area contributed by atoms with Gasteiger partial charge in [-0.15, -0.1) is 0 Å². The highest BCUT2D eigenvalue weighted by Crippen LogP contribution is 2.22. The van der Waals surface area contributed by atoms with Gasteiger partial charge in [-0.05, 0) is 66.1 Å². The first-order chi connectivity index (χ1) is 15.4. The summed E-state index contributed by atoms with van der Waals surface area (Å²) < 4.78 is 5.73. The molecule has 0 aromatic heterocycles. The molecule has 0 atom stereocenters. The van der Waals surface area contributed by atoms with Gasteiger partial charge in [0.05, 0.1) is 4.92 Å². The molecule has 0 fully saturated rings. The second-order valence-electron chi connectivity index (χ2n) is 6.87. The number of halogens is 1. The molecule has 1 amide bonds. The van der Waals surface area contributed by atoms with Crippen LogP contribution in [0.5, 0.6) is 5.75 Å². The number of nitriles is 1. The van der Waals surface area contributed by atoms with E-state index in [1.165, 1.54) is 18.2 Å². The molecule has 0 unspecified atom stereocenters. The normalized spacial score (nSPS) is 10.8. The van der Waals surface area contributed by atoms with E-state index in [0.717, 1.165) is 11.1 Å². The molecule has 0 heterocycles. The number of carbonyl (C=O) groups excluding carboxylic acids is 1. The Kier molecular flexibility index (Phi) is 7.21. The molecular formula is C24H18ClN3O4. The second kappa shape index (κ2) is 10.2. The predicted molar refractivity (Wildman–Crippen MR) is 122 cm³/mol. The molecule has 1 N–H and O–H groups in total. The van der Waals surface area contributed by atoms with Crippen molar-refractivity contribution in [1.82, 2.24) is 0 Å². The Balaban J connectivity index is 1.69. The maximum atomic E-state index is 12.5. The molecule has 0 spiro atoms. The monoisotopic (exact) mass is 447 g/mol. The molecule has 32 heavy (non-hydrogen) atoms. The van der Waals surface area contributed by atoms with Gasteiger partial charge in [0.15, 0.2) is 0 Å². The van der Waals surface area contributed by atoms with Gasteiger partial charge in [-0.25, -0.2) is 0 Å². The number of nitro groups is 1. The smallest absolute Gasteiger partial charge is 0.269 e. The molecule has 3 aromatic rings. The fourth-order valence-corrected chi connectivity index (χ4v) is 2.94. The number of benzene rings is 3. The zero-order chi connectivity index (χ0) is 23.1. The Hall–Kier alpha value is -4.15. The van der Waals surface area contributed by atoms with Crippen molar-refractivity contribution in [2.24, 2.45) is 0 Å². The summed E-state index contributed by atoms with van der Waals surface area (Å²) in [6, 6.07) is 20.0. The minimum atomic E-state index is -0.551. The first kappa shape index (κ1) is 22.5. The summed E-state index contributed by atoms with van der Waals surface area (Å²) in [7, 11) is 0. The largest absolute Gasteiger partial charge is 0.489 e. The van der Waals surface area contributed by atoms with E-state index in [1.807, 2.05) is 13.0 Å². The van der Waals surface area contributed by atoms with Crippen LogP contribution in [0.2, 0.25) is 5.02 Å². The van der Waals surface area contributed by atoms with Gasteiger partial charge in [-0.3, -0.25) is 14.9 Å². The Morgan fingerprint density at radius 2 is 1.94 bits per heavy atom. The summed E-state index contributed by atoms with van der Waals surface area (Å²) in [5.41, 5.74) is 2.69. The number of nitrogens with one attached hydrogen (secondary N) is 1. The van der Waals surface area contributed by atoms with E-state index in [4.69, 9.17) is 16.3 Å². The summed E-state index contributed by atoms with van der Waals surface area (Å²) in [6.45, 7) is 2.07. The van der Waals surface area contributed by atoms with Crippen LogP contribution in [-0.2, 0) is 11.4 Å². The molecule has 3 rings (SSSR count). The molecule has 0 aliphatic rings. The number of nitro benzene ring substituents is 1. The fraction of sp³-hybridized carbons (Fsp3) is 0.0833. The van der Waals surface area contributed by atoms with Crippen LogP contribution in [0.25, 0.3) is 6.08 Å². The number of hydrogen-bond donors (Lipinski definition) is 1. The van der Waals surface area contributed by atoms with Gasteiger partial charge in [0.2, 0.25) is 0 Å². The fourth-order valence-electron chi connectivity index (χ4n) is 2.76. The average molecular weight is 448 g/mol. The highest BCUT2D eigenvalue weighted by molar-refractivity contribution is 6.31. The topological polar surface area (TPSA) is 105 Å². The summed E-state index contributed by atoms with van der Waals surface area (Å²) in [5.74, 6) is -0.0234. The zero-order valence-electron chi connectivity index (χ0n) is 17.0. The van der Waals surface area contributed by atoms with Crippen LogP contribution in [0, 0.1) is 28.4 Å².